The number of nitrogens with zero attached hydrogens (tertiary/aromatic N) is 3. The van der Waals surface area contributed by atoms with E-state index in [9.17, 15) is 9.18 Å². The van der Waals surface area contributed by atoms with E-state index < -0.39 is 5.82 Å². The molecule has 1 aromatic carbocycles. The van der Waals surface area contributed by atoms with Crippen LogP contribution in [0.15, 0.2) is 30.7 Å². The van der Waals surface area contributed by atoms with Crippen LogP contribution < -0.4 is 5.32 Å². The molecule has 0 bridgehead atoms. The minimum Gasteiger partial charge on any atom is -0.312 e. The molecule has 6 nitrogen and oxygen atoms in total. The number of carbonyl (C=O) groups is 1. The Labute approximate surface area is 146 Å². The van der Waals surface area contributed by atoms with Gasteiger partial charge in [-0.1, -0.05) is 18.5 Å². The van der Waals surface area contributed by atoms with Crippen molar-refractivity contribution >= 4 is 40.4 Å². The van der Waals surface area contributed by atoms with Gasteiger partial charge in [-0.15, -0.1) is 0 Å². The molecule has 126 valence electrons. The van der Waals surface area contributed by atoms with Crippen molar-refractivity contribution in [1.29, 1.82) is 0 Å². The van der Waals surface area contributed by atoms with Gasteiger partial charge in [-0.05, 0) is 18.6 Å². The summed E-state index contributed by atoms with van der Waals surface area (Å²) in [4.78, 5) is 14.8. The van der Waals surface area contributed by atoms with Gasteiger partial charge < -0.3 is 9.72 Å². The number of halogens is 2. The van der Waals surface area contributed by atoms with Crippen LogP contribution in [0.2, 0.25) is 5.02 Å². The number of pyridine rings is 1. The Bertz CT molecular complexity index is 1120. The summed E-state index contributed by atoms with van der Waals surface area (Å²) in [5.74, 6) is -0.0100. The highest BCUT2D eigenvalue weighted by atomic mass is 35.5. The number of fused-ring (bicyclic) bond motifs is 2. The first kappa shape index (κ1) is 15.6. The van der Waals surface area contributed by atoms with Crippen LogP contribution in [0.25, 0.3) is 27.7 Å². The molecule has 8 heteroatoms. The van der Waals surface area contributed by atoms with Gasteiger partial charge in [-0.3, -0.25) is 9.89 Å². The summed E-state index contributed by atoms with van der Waals surface area (Å²) in [6.45, 7) is 1.87. The molecular formula is C17H13ClFN5O. The summed E-state index contributed by atoms with van der Waals surface area (Å²) in [5, 5.41) is 10.2. The molecular weight excluding hydrogens is 345 g/mol. The second-order valence-electron chi connectivity index (χ2n) is 5.57. The fraction of sp³-hybridized carbons (Fsp3) is 0.118. The second-order valence-corrected chi connectivity index (χ2v) is 5.94. The molecule has 3 heterocycles. The van der Waals surface area contributed by atoms with Crippen molar-refractivity contribution < 1.29 is 9.18 Å². The van der Waals surface area contributed by atoms with Gasteiger partial charge in [-0.2, -0.15) is 5.10 Å². The Morgan fingerprint density at radius 3 is 3.00 bits per heavy atom. The predicted molar refractivity (Wildman–Crippen MR) is 94.3 cm³/mol. The van der Waals surface area contributed by atoms with Crippen molar-refractivity contribution in [3.8, 4) is 11.1 Å². The van der Waals surface area contributed by atoms with Gasteiger partial charge in [0.1, 0.15) is 11.5 Å². The molecule has 0 atom stereocenters. The van der Waals surface area contributed by atoms with Gasteiger partial charge in [0.2, 0.25) is 6.41 Å². The van der Waals surface area contributed by atoms with Gasteiger partial charge in [0.25, 0.3) is 0 Å². The highest BCUT2D eigenvalue weighted by Crippen LogP contribution is 2.39. The van der Waals surface area contributed by atoms with E-state index in [1.165, 1.54) is 0 Å². The molecule has 0 saturated heterocycles. The fourth-order valence-corrected chi connectivity index (χ4v) is 3.38. The van der Waals surface area contributed by atoms with E-state index in [0.717, 1.165) is 10.9 Å². The zero-order valence-electron chi connectivity index (χ0n) is 13.2. The molecule has 4 aromatic rings. The quantitative estimate of drug-likeness (QED) is 0.545. The predicted octanol–water partition coefficient (Wildman–Crippen LogP) is 3.80. The van der Waals surface area contributed by atoms with E-state index in [4.69, 9.17) is 11.6 Å². The van der Waals surface area contributed by atoms with E-state index in [-0.39, 0.29) is 5.02 Å². The molecule has 2 N–H and O–H groups in total. The van der Waals surface area contributed by atoms with Gasteiger partial charge in [0.05, 0.1) is 22.9 Å². The summed E-state index contributed by atoms with van der Waals surface area (Å²) in [5.41, 5.74) is 3.11. The van der Waals surface area contributed by atoms with Gasteiger partial charge >= 0.3 is 0 Å². The Kier molecular flexibility index (Phi) is 3.65. The summed E-state index contributed by atoms with van der Waals surface area (Å²) < 4.78 is 16.5. The Hall–Kier alpha value is -2.93. The smallest absolute Gasteiger partial charge is 0.212 e. The molecule has 0 fully saturated rings. The topological polar surface area (TPSA) is 75.1 Å². The third-order valence-corrected chi connectivity index (χ3v) is 4.54. The van der Waals surface area contributed by atoms with Crippen LogP contribution in [0.5, 0.6) is 0 Å². The average molecular weight is 358 g/mol. The minimum absolute atomic E-state index is 0.0662. The van der Waals surface area contributed by atoms with Crippen LogP contribution >= 0.6 is 11.6 Å². The molecule has 25 heavy (non-hydrogen) atoms. The fourth-order valence-electron chi connectivity index (χ4n) is 3.06. The van der Waals surface area contributed by atoms with E-state index in [0.29, 0.717) is 40.9 Å². The zero-order valence-corrected chi connectivity index (χ0v) is 13.9. The molecule has 0 saturated carbocycles. The van der Waals surface area contributed by atoms with Crippen molar-refractivity contribution in [1.82, 2.24) is 19.6 Å². The highest BCUT2D eigenvalue weighted by molar-refractivity contribution is 6.35. The summed E-state index contributed by atoms with van der Waals surface area (Å²) in [6, 6.07) is 3.59. The first-order chi connectivity index (χ1) is 12.1. The SMILES string of the molecule is CCc1c(F)c(Cl)c(-c2ccc3nc(NC=O)cn3c2)c2cn[nH]c12. The number of aromatic nitrogens is 4. The Morgan fingerprint density at radius 2 is 2.24 bits per heavy atom. The number of aromatic amines is 1. The number of aryl methyl sites for hydroxylation is 1. The van der Waals surface area contributed by atoms with Gasteiger partial charge in [0, 0.05) is 28.3 Å². The van der Waals surface area contributed by atoms with Crippen LogP contribution in [0, 0.1) is 5.82 Å². The number of nitrogens with one attached hydrogen (secondary N) is 2. The molecule has 0 aliphatic heterocycles. The van der Waals surface area contributed by atoms with Crippen molar-refractivity contribution in [2.45, 2.75) is 13.3 Å². The molecule has 0 aliphatic carbocycles. The van der Waals surface area contributed by atoms with E-state index >= 15 is 0 Å². The number of carbonyl (C=O) groups excluding carboxylic acids is 1. The van der Waals surface area contributed by atoms with Crippen LogP contribution in [0.1, 0.15) is 12.5 Å². The first-order valence-corrected chi connectivity index (χ1v) is 8.04. The lowest BCUT2D eigenvalue weighted by Gasteiger charge is -2.11. The number of benzene rings is 1. The van der Waals surface area contributed by atoms with Crippen LogP contribution in [-0.2, 0) is 11.2 Å². The number of rotatable bonds is 4. The number of hydrogen-bond acceptors (Lipinski definition) is 3. The maximum Gasteiger partial charge on any atom is 0.212 e. The normalized spacial score (nSPS) is 11.3. The molecule has 4 rings (SSSR count). The maximum atomic E-state index is 14.7. The molecule has 1 amide bonds. The van der Waals surface area contributed by atoms with E-state index in [1.807, 2.05) is 13.0 Å². The average Bonchev–Trinajstić information content (AvgIpc) is 3.22. The van der Waals surface area contributed by atoms with Crippen molar-refractivity contribution in [2.24, 2.45) is 0 Å². The van der Waals surface area contributed by atoms with Crippen molar-refractivity contribution in [2.75, 3.05) is 5.32 Å². The molecule has 3 aromatic heterocycles. The second kappa shape index (κ2) is 5.86. The van der Waals surface area contributed by atoms with Crippen LogP contribution in [0.4, 0.5) is 10.2 Å². The molecule has 0 spiro atoms. The monoisotopic (exact) mass is 357 g/mol. The molecule has 0 aliphatic rings. The number of imidazole rings is 1. The largest absolute Gasteiger partial charge is 0.312 e. The van der Waals surface area contributed by atoms with Crippen LogP contribution in [0.3, 0.4) is 0 Å². The van der Waals surface area contributed by atoms with Crippen LogP contribution in [-0.4, -0.2) is 26.0 Å². The minimum atomic E-state index is -0.440. The zero-order chi connectivity index (χ0) is 17.6. The summed E-state index contributed by atoms with van der Waals surface area (Å²) >= 11 is 6.35. The lowest BCUT2D eigenvalue weighted by Crippen LogP contribution is -1.96. The summed E-state index contributed by atoms with van der Waals surface area (Å²) in [7, 11) is 0. The molecule has 0 radical (unpaired) electrons. The lowest BCUT2D eigenvalue weighted by atomic mass is 9.98. The highest BCUT2D eigenvalue weighted by Gasteiger charge is 2.20. The number of hydrogen-bond donors (Lipinski definition) is 2. The van der Waals surface area contributed by atoms with Crippen molar-refractivity contribution in [3.63, 3.8) is 0 Å². The summed E-state index contributed by atoms with van der Waals surface area (Å²) in [6.07, 6.45) is 6.17. The molecule has 0 unspecified atom stereocenters. The number of H-pyrrole nitrogens is 1. The van der Waals surface area contributed by atoms with Crippen molar-refractivity contribution in [3.05, 3.63) is 47.1 Å². The standard InChI is InChI=1S/C17H13ClFN5O/c1-2-10-16(19)15(18)14(11-5-21-23-17(10)11)9-3-4-13-22-12(20-8-25)7-24(13)6-9/h3-8H,2H2,1H3,(H,20,25)(H,21,23). The van der Waals surface area contributed by atoms with E-state index in [2.05, 4.69) is 20.5 Å². The van der Waals surface area contributed by atoms with Gasteiger partial charge in [0.15, 0.2) is 5.82 Å². The number of anilines is 1. The lowest BCUT2D eigenvalue weighted by molar-refractivity contribution is -0.105. The third kappa shape index (κ3) is 2.35. The first-order valence-electron chi connectivity index (χ1n) is 7.66. The Morgan fingerprint density at radius 1 is 1.40 bits per heavy atom. The van der Waals surface area contributed by atoms with Gasteiger partial charge in [-0.25, -0.2) is 9.37 Å². The Balaban J connectivity index is 1.98. The number of amides is 1. The van der Waals surface area contributed by atoms with E-state index in [1.54, 1.807) is 29.1 Å². The third-order valence-electron chi connectivity index (χ3n) is 4.19. The maximum absolute atomic E-state index is 14.7.